The van der Waals surface area contributed by atoms with Crippen LogP contribution >= 0.6 is 0 Å². The van der Waals surface area contributed by atoms with Gasteiger partial charge in [0.2, 0.25) is 0 Å². The van der Waals surface area contributed by atoms with Crippen molar-refractivity contribution in [2.24, 2.45) is 0 Å². The maximum atomic E-state index is 10.9. The van der Waals surface area contributed by atoms with E-state index >= 15 is 0 Å². The molecular formula is C15H18N2O2. The zero-order valence-corrected chi connectivity index (χ0v) is 11.4. The first kappa shape index (κ1) is 13.3. The predicted octanol–water partition coefficient (Wildman–Crippen LogP) is 2.93. The Kier molecular flexibility index (Phi) is 3.42. The molecule has 1 N–H and O–H groups in total. The van der Waals surface area contributed by atoms with Crippen molar-refractivity contribution >= 4 is 5.97 Å². The molecule has 100 valence electrons. The van der Waals surface area contributed by atoms with Crippen molar-refractivity contribution in [3.63, 3.8) is 0 Å². The van der Waals surface area contributed by atoms with E-state index in [-0.39, 0.29) is 11.8 Å². The first-order valence-electron chi connectivity index (χ1n) is 6.23. The lowest BCUT2D eigenvalue weighted by atomic mass is 9.81. The van der Waals surface area contributed by atoms with E-state index in [2.05, 4.69) is 4.98 Å². The third kappa shape index (κ3) is 2.84. The molecule has 4 heteroatoms. The highest BCUT2D eigenvalue weighted by atomic mass is 16.4. The average molecular weight is 258 g/mol. The van der Waals surface area contributed by atoms with E-state index in [1.807, 2.05) is 55.8 Å². The minimum Gasteiger partial charge on any atom is -0.481 e. The molecule has 0 saturated heterocycles. The van der Waals surface area contributed by atoms with Crippen LogP contribution < -0.4 is 0 Å². The van der Waals surface area contributed by atoms with Gasteiger partial charge in [0.05, 0.1) is 6.42 Å². The Morgan fingerprint density at radius 3 is 2.42 bits per heavy atom. The van der Waals surface area contributed by atoms with Crippen LogP contribution in [0, 0.1) is 6.92 Å². The van der Waals surface area contributed by atoms with Crippen LogP contribution in [-0.2, 0) is 10.2 Å². The highest BCUT2D eigenvalue weighted by Crippen LogP contribution is 2.27. The zero-order chi connectivity index (χ0) is 14.0. The van der Waals surface area contributed by atoms with Crippen molar-refractivity contribution in [1.29, 1.82) is 0 Å². The summed E-state index contributed by atoms with van der Waals surface area (Å²) in [6.45, 7) is 5.83. The fourth-order valence-corrected chi connectivity index (χ4v) is 2.20. The van der Waals surface area contributed by atoms with Gasteiger partial charge in [0.1, 0.15) is 5.82 Å². The van der Waals surface area contributed by atoms with Crippen molar-refractivity contribution in [3.05, 3.63) is 48.0 Å². The average Bonchev–Trinajstić information content (AvgIpc) is 2.74. The van der Waals surface area contributed by atoms with Crippen LogP contribution in [0.3, 0.4) is 0 Å². The lowest BCUT2D eigenvalue weighted by molar-refractivity contribution is -0.138. The molecule has 1 aromatic carbocycles. The summed E-state index contributed by atoms with van der Waals surface area (Å²) < 4.78 is 1.99. The molecule has 19 heavy (non-hydrogen) atoms. The Bertz CT molecular complexity index is 582. The number of aromatic nitrogens is 2. The highest BCUT2D eigenvalue weighted by molar-refractivity contribution is 5.68. The minimum atomic E-state index is -0.778. The normalized spacial score (nSPS) is 11.5. The Morgan fingerprint density at radius 2 is 1.95 bits per heavy atom. The molecule has 0 aliphatic carbocycles. The van der Waals surface area contributed by atoms with Crippen LogP contribution in [0.2, 0.25) is 0 Å². The SMILES string of the molecule is Cc1nccn1-c1ccc(C(C)(C)CC(=O)O)cc1. The van der Waals surface area contributed by atoms with Crippen LogP contribution in [0.15, 0.2) is 36.7 Å². The monoisotopic (exact) mass is 258 g/mol. The molecule has 0 aliphatic rings. The maximum Gasteiger partial charge on any atom is 0.304 e. The Hall–Kier alpha value is -2.10. The Balaban J connectivity index is 2.28. The molecule has 0 aliphatic heterocycles. The van der Waals surface area contributed by atoms with E-state index in [1.54, 1.807) is 6.20 Å². The molecule has 0 spiro atoms. The number of benzene rings is 1. The van der Waals surface area contributed by atoms with Gasteiger partial charge in [-0.15, -0.1) is 0 Å². The number of carboxylic acid groups (broad SMARTS) is 1. The standard InChI is InChI=1S/C15H18N2O2/c1-11-16-8-9-17(11)13-6-4-12(5-7-13)15(2,3)10-14(18)19/h4-9H,10H2,1-3H3,(H,18,19). The van der Waals surface area contributed by atoms with Gasteiger partial charge < -0.3 is 9.67 Å². The third-order valence-electron chi connectivity index (χ3n) is 3.35. The second-order valence-corrected chi connectivity index (χ2v) is 5.35. The van der Waals surface area contributed by atoms with Gasteiger partial charge in [-0.2, -0.15) is 0 Å². The van der Waals surface area contributed by atoms with Crippen molar-refractivity contribution in [1.82, 2.24) is 9.55 Å². The summed E-state index contributed by atoms with van der Waals surface area (Å²) in [6.07, 6.45) is 3.79. The fourth-order valence-electron chi connectivity index (χ4n) is 2.20. The maximum absolute atomic E-state index is 10.9. The molecule has 0 fully saturated rings. The van der Waals surface area contributed by atoms with Crippen LogP contribution in [0.25, 0.3) is 5.69 Å². The number of hydrogen-bond donors (Lipinski definition) is 1. The number of carboxylic acids is 1. The van der Waals surface area contributed by atoms with Crippen molar-refractivity contribution in [2.45, 2.75) is 32.6 Å². The van der Waals surface area contributed by atoms with Crippen LogP contribution in [0.1, 0.15) is 31.7 Å². The quantitative estimate of drug-likeness (QED) is 0.917. The molecule has 0 unspecified atom stereocenters. The summed E-state index contributed by atoms with van der Waals surface area (Å²) >= 11 is 0. The van der Waals surface area contributed by atoms with E-state index in [4.69, 9.17) is 5.11 Å². The second kappa shape index (κ2) is 4.88. The zero-order valence-electron chi connectivity index (χ0n) is 11.4. The lowest BCUT2D eigenvalue weighted by Crippen LogP contribution is -2.21. The molecule has 0 atom stereocenters. The van der Waals surface area contributed by atoms with Gasteiger partial charge in [0.15, 0.2) is 0 Å². The van der Waals surface area contributed by atoms with Gasteiger partial charge in [-0.05, 0) is 24.6 Å². The molecule has 2 rings (SSSR count). The fraction of sp³-hybridized carbons (Fsp3) is 0.333. The topological polar surface area (TPSA) is 55.1 Å². The summed E-state index contributed by atoms with van der Waals surface area (Å²) in [5.74, 6) is 0.150. The van der Waals surface area contributed by atoms with Gasteiger partial charge in [-0.3, -0.25) is 4.79 Å². The lowest BCUT2D eigenvalue weighted by Gasteiger charge is -2.23. The van der Waals surface area contributed by atoms with Crippen molar-refractivity contribution in [2.75, 3.05) is 0 Å². The first-order valence-corrected chi connectivity index (χ1v) is 6.23. The molecule has 1 aromatic heterocycles. The first-order chi connectivity index (χ1) is 8.90. The van der Waals surface area contributed by atoms with Crippen LogP contribution in [0.5, 0.6) is 0 Å². The number of nitrogens with zero attached hydrogens (tertiary/aromatic N) is 2. The number of imidazole rings is 1. The Labute approximate surface area is 112 Å². The number of aryl methyl sites for hydroxylation is 1. The van der Waals surface area contributed by atoms with Gasteiger partial charge in [0, 0.05) is 23.5 Å². The van der Waals surface area contributed by atoms with E-state index in [9.17, 15) is 4.79 Å². The largest absolute Gasteiger partial charge is 0.481 e. The highest BCUT2D eigenvalue weighted by Gasteiger charge is 2.23. The van der Waals surface area contributed by atoms with E-state index < -0.39 is 5.97 Å². The van der Waals surface area contributed by atoms with Crippen molar-refractivity contribution < 1.29 is 9.90 Å². The van der Waals surface area contributed by atoms with Crippen molar-refractivity contribution in [3.8, 4) is 5.69 Å². The van der Waals surface area contributed by atoms with Crippen LogP contribution in [-0.4, -0.2) is 20.6 Å². The number of rotatable bonds is 4. The number of aliphatic carboxylic acids is 1. The molecule has 1 heterocycles. The molecule has 0 radical (unpaired) electrons. The van der Waals surface area contributed by atoms with Gasteiger partial charge >= 0.3 is 5.97 Å². The summed E-state index contributed by atoms with van der Waals surface area (Å²) in [6, 6.07) is 7.96. The summed E-state index contributed by atoms with van der Waals surface area (Å²) in [4.78, 5) is 15.1. The van der Waals surface area contributed by atoms with Gasteiger partial charge in [-0.25, -0.2) is 4.98 Å². The van der Waals surface area contributed by atoms with E-state index in [1.165, 1.54) is 0 Å². The molecular weight excluding hydrogens is 240 g/mol. The third-order valence-corrected chi connectivity index (χ3v) is 3.35. The molecule has 0 bridgehead atoms. The Morgan fingerprint density at radius 1 is 1.32 bits per heavy atom. The molecule has 0 saturated carbocycles. The predicted molar refractivity (Wildman–Crippen MR) is 73.6 cm³/mol. The molecule has 4 nitrogen and oxygen atoms in total. The smallest absolute Gasteiger partial charge is 0.304 e. The van der Waals surface area contributed by atoms with E-state index in [0.29, 0.717) is 0 Å². The molecule has 2 aromatic rings. The number of hydrogen-bond acceptors (Lipinski definition) is 2. The summed E-state index contributed by atoms with van der Waals surface area (Å²) in [5, 5.41) is 8.94. The number of carbonyl (C=O) groups is 1. The summed E-state index contributed by atoms with van der Waals surface area (Å²) in [7, 11) is 0. The van der Waals surface area contributed by atoms with Crippen LogP contribution in [0.4, 0.5) is 0 Å². The summed E-state index contributed by atoms with van der Waals surface area (Å²) in [5.41, 5.74) is 1.69. The minimum absolute atomic E-state index is 0.121. The van der Waals surface area contributed by atoms with Gasteiger partial charge in [-0.1, -0.05) is 26.0 Å². The second-order valence-electron chi connectivity index (χ2n) is 5.35. The molecule has 0 amide bonds. The van der Waals surface area contributed by atoms with Gasteiger partial charge in [0.25, 0.3) is 0 Å². The van der Waals surface area contributed by atoms with E-state index in [0.717, 1.165) is 17.1 Å².